The quantitative estimate of drug-likeness (QED) is 0.454. The summed E-state index contributed by atoms with van der Waals surface area (Å²) in [5, 5.41) is 2.33. The normalized spacial score (nSPS) is 15.3. The SMILES string of the molecule is CCCCn1c(=O)c2c/c(=C/C=C3/Sc4ccccc4N3CC)c(=O)c3cccc(c3-2)c1=O. The highest BCUT2D eigenvalue weighted by atomic mass is 32.2. The summed E-state index contributed by atoms with van der Waals surface area (Å²) in [5.74, 6) is 0. The van der Waals surface area contributed by atoms with E-state index in [2.05, 4.69) is 24.0 Å². The third kappa shape index (κ3) is 3.45. The molecule has 33 heavy (non-hydrogen) atoms. The van der Waals surface area contributed by atoms with Gasteiger partial charge in [-0.15, -0.1) is 0 Å². The van der Waals surface area contributed by atoms with Crippen molar-refractivity contribution >= 4 is 34.3 Å². The number of pyridine rings is 1. The number of thioether (sulfide) groups is 1. The van der Waals surface area contributed by atoms with E-state index < -0.39 is 0 Å². The highest BCUT2D eigenvalue weighted by Crippen LogP contribution is 2.45. The van der Waals surface area contributed by atoms with Gasteiger partial charge < -0.3 is 4.90 Å². The number of para-hydroxylation sites is 1. The lowest BCUT2D eigenvalue weighted by Gasteiger charge is -2.17. The zero-order valence-electron chi connectivity index (χ0n) is 18.6. The van der Waals surface area contributed by atoms with Crippen LogP contribution in [0.2, 0.25) is 0 Å². The summed E-state index contributed by atoms with van der Waals surface area (Å²) in [6.07, 6.45) is 5.37. The van der Waals surface area contributed by atoms with Crippen molar-refractivity contribution in [1.82, 2.24) is 4.57 Å². The molecule has 0 bridgehead atoms. The lowest BCUT2D eigenvalue weighted by atomic mass is 9.94. The fourth-order valence-electron chi connectivity index (χ4n) is 4.52. The number of anilines is 1. The summed E-state index contributed by atoms with van der Waals surface area (Å²) in [5.41, 5.74) is 1.26. The van der Waals surface area contributed by atoms with Crippen LogP contribution < -0.4 is 26.7 Å². The summed E-state index contributed by atoms with van der Waals surface area (Å²) in [4.78, 5) is 42.9. The zero-order chi connectivity index (χ0) is 23.1. The molecule has 0 aromatic heterocycles. The minimum absolute atomic E-state index is 0.168. The predicted molar refractivity (Wildman–Crippen MR) is 137 cm³/mol. The largest absolute Gasteiger partial charge is 0.335 e. The Morgan fingerprint density at radius 2 is 1.70 bits per heavy atom. The second-order valence-electron chi connectivity index (χ2n) is 8.17. The summed E-state index contributed by atoms with van der Waals surface area (Å²) in [6.45, 7) is 5.31. The van der Waals surface area contributed by atoms with Crippen molar-refractivity contribution in [1.29, 1.82) is 0 Å². The van der Waals surface area contributed by atoms with Crippen LogP contribution in [0, 0.1) is 0 Å². The Hall–Kier alpha value is -3.38. The first kappa shape index (κ1) is 21.5. The van der Waals surface area contributed by atoms with Crippen LogP contribution in [0.1, 0.15) is 26.7 Å². The standard InChI is InChI=1S/C27H24N2O3S/c1-3-5-15-29-26(31)19-10-8-9-18-24(19)20(27(29)32)16-17(25(18)30)13-14-23-28(4-2)21-11-6-7-12-22(21)33-23/h6-14,16H,3-5,15H2,1-2H3/b17-13-,23-14+. The highest BCUT2D eigenvalue weighted by molar-refractivity contribution is 8.03. The van der Waals surface area contributed by atoms with Gasteiger partial charge in [-0.1, -0.05) is 49.4 Å². The molecular formula is C27H24N2O3S. The summed E-state index contributed by atoms with van der Waals surface area (Å²) >= 11 is 1.67. The van der Waals surface area contributed by atoms with Crippen LogP contribution in [0.4, 0.5) is 5.69 Å². The van der Waals surface area contributed by atoms with Gasteiger partial charge in [0.1, 0.15) is 0 Å². The number of unbranched alkanes of at least 4 members (excludes halogenated alkanes) is 1. The van der Waals surface area contributed by atoms with Gasteiger partial charge >= 0.3 is 0 Å². The van der Waals surface area contributed by atoms with E-state index in [4.69, 9.17) is 0 Å². The molecule has 6 heteroatoms. The second-order valence-corrected chi connectivity index (χ2v) is 9.23. The number of hydrogen-bond donors (Lipinski definition) is 0. The number of nitrogens with zero attached hydrogens (tertiary/aromatic N) is 2. The Labute approximate surface area is 195 Å². The molecule has 0 amide bonds. The number of hydrogen-bond acceptors (Lipinski definition) is 5. The van der Waals surface area contributed by atoms with Crippen molar-refractivity contribution in [2.45, 2.75) is 38.1 Å². The Balaban J connectivity index is 1.73. The molecule has 5 rings (SSSR count). The van der Waals surface area contributed by atoms with Crippen LogP contribution >= 0.6 is 11.8 Å². The first-order chi connectivity index (χ1) is 16.0. The monoisotopic (exact) mass is 456 g/mol. The molecule has 2 aromatic carbocycles. The highest BCUT2D eigenvalue weighted by Gasteiger charge is 2.23. The zero-order valence-corrected chi connectivity index (χ0v) is 19.4. The van der Waals surface area contributed by atoms with E-state index in [9.17, 15) is 14.4 Å². The van der Waals surface area contributed by atoms with E-state index in [1.54, 1.807) is 42.1 Å². The molecule has 0 atom stereocenters. The van der Waals surface area contributed by atoms with Gasteiger partial charge in [0, 0.05) is 45.1 Å². The Morgan fingerprint density at radius 1 is 0.909 bits per heavy atom. The van der Waals surface area contributed by atoms with Crippen molar-refractivity contribution in [2.75, 3.05) is 11.4 Å². The number of aromatic nitrogens is 1. The van der Waals surface area contributed by atoms with Crippen molar-refractivity contribution < 1.29 is 0 Å². The number of allylic oxidation sites excluding steroid dienone is 1. The molecule has 0 fully saturated rings. The Bertz CT molecular complexity index is 1590. The Morgan fingerprint density at radius 3 is 2.48 bits per heavy atom. The summed E-state index contributed by atoms with van der Waals surface area (Å²) < 4.78 is 1.32. The molecule has 0 unspecified atom stereocenters. The van der Waals surface area contributed by atoms with Crippen molar-refractivity contribution in [2.24, 2.45) is 0 Å². The number of fused-ring (bicyclic) bond motifs is 1. The van der Waals surface area contributed by atoms with Crippen molar-refractivity contribution in [3.8, 4) is 11.1 Å². The first-order valence-corrected chi connectivity index (χ1v) is 12.1. The van der Waals surface area contributed by atoms with Crippen LogP contribution in [0.5, 0.6) is 0 Å². The first-order valence-electron chi connectivity index (χ1n) is 11.3. The van der Waals surface area contributed by atoms with E-state index in [-0.39, 0.29) is 16.5 Å². The fraction of sp³-hybridized carbons (Fsp3) is 0.222. The topological polar surface area (TPSA) is 59.4 Å². The predicted octanol–water partition coefficient (Wildman–Crippen LogP) is 4.04. The molecule has 0 radical (unpaired) electrons. The molecule has 3 aliphatic rings. The van der Waals surface area contributed by atoms with Gasteiger partial charge in [-0.2, -0.15) is 0 Å². The van der Waals surface area contributed by atoms with Crippen LogP contribution in [-0.4, -0.2) is 11.1 Å². The van der Waals surface area contributed by atoms with Gasteiger partial charge in [0.15, 0.2) is 5.43 Å². The lowest BCUT2D eigenvalue weighted by Crippen LogP contribution is -2.37. The van der Waals surface area contributed by atoms with Crippen molar-refractivity contribution in [3.05, 3.63) is 95.8 Å². The maximum absolute atomic E-state index is 13.3. The molecule has 0 saturated carbocycles. The van der Waals surface area contributed by atoms with Crippen LogP contribution in [0.15, 0.2) is 78.9 Å². The van der Waals surface area contributed by atoms with E-state index in [0.29, 0.717) is 33.7 Å². The van der Waals surface area contributed by atoms with Crippen LogP contribution in [0.25, 0.3) is 28.0 Å². The average molecular weight is 457 g/mol. The molecule has 1 aliphatic carbocycles. The van der Waals surface area contributed by atoms with Gasteiger partial charge in [0.05, 0.1) is 10.7 Å². The maximum Gasteiger partial charge on any atom is 0.261 e. The molecule has 2 aromatic rings. The molecule has 0 spiro atoms. The van der Waals surface area contributed by atoms with E-state index in [1.807, 2.05) is 25.1 Å². The van der Waals surface area contributed by atoms with Crippen LogP contribution in [-0.2, 0) is 6.54 Å². The minimum Gasteiger partial charge on any atom is -0.335 e. The van der Waals surface area contributed by atoms with E-state index >= 15 is 0 Å². The Kier molecular flexibility index (Phi) is 5.54. The smallest absolute Gasteiger partial charge is 0.261 e. The summed E-state index contributed by atoms with van der Waals surface area (Å²) in [6, 6.07) is 15.0. The van der Waals surface area contributed by atoms with E-state index in [1.165, 1.54) is 9.46 Å². The molecule has 2 aliphatic heterocycles. The third-order valence-electron chi connectivity index (χ3n) is 6.19. The molecule has 5 nitrogen and oxygen atoms in total. The number of benzene rings is 3. The minimum atomic E-state index is -0.322. The lowest BCUT2D eigenvalue weighted by molar-refractivity contribution is 0.601. The van der Waals surface area contributed by atoms with Gasteiger partial charge in [0.2, 0.25) is 0 Å². The molecule has 2 heterocycles. The van der Waals surface area contributed by atoms with Crippen molar-refractivity contribution in [3.63, 3.8) is 0 Å². The van der Waals surface area contributed by atoms with Gasteiger partial charge in [-0.25, -0.2) is 0 Å². The van der Waals surface area contributed by atoms with Gasteiger partial charge in [-0.3, -0.25) is 19.0 Å². The van der Waals surface area contributed by atoms with Gasteiger partial charge in [-0.05, 0) is 49.8 Å². The number of rotatable bonds is 5. The second kappa shape index (κ2) is 8.52. The van der Waals surface area contributed by atoms with E-state index in [0.717, 1.165) is 30.1 Å². The molecule has 166 valence electrons. The van der Waals surface area contributed by atoms with Crippen LogP contribution in [0.3, 0.4) is 0 Å². The average Bonchev–Trinajstić information content (AvgIpc) is 3.20. The molecular weight excluding hydrogens is 432 g/mol. The molecule has 0 saturated heterocycles. The van der Waals surface area contributed by atoms with Gasteiger partial charge in [0.25, 0.3) is 11.1 Å². The summed E-state index contributed by atoms with van der Waals surface area (Å²) in [7, 11) is 0. The molecule has 0 N–H and O–H groups in total. The fourth-order valence-corrected chi connectivity index (χ4v) is 5.65. The third-order valence-corrected chi connectivity index (χ3v) is 7.32. The maximum atomic E-state index is 13.3.